The second kappa shape index (κ2) is 3.93. The van der Waals surface area contributed by atoms with Crippen molar-refractivity contribution < 1.29 is 24.2 Å². The Morgan fingerprint density at radius 2 is 2.21 bits per heavy atom. The van der Waals surface area contributed by atoms with Crippen molar-refractivity contribution in [2.75, 3.05) is 0 Å². The van der Waals surface area contributed by atoms with Crippen LogP contribution in [0.3, 0.4) is 0 Å². The number of fused-ring (bicyclic) bond motifs is 3. The van der Waals surface area contributed by atoms with Crippen LogP contribution >= 0.6 is 0 Å². The van der Waals surface area contributed by atoms with Crippen LogP contribution in [0.25, 0.3) is 0 Å². The molecule has 3 rings (SSSR count). The van der Waals surface area contributed by atoms with Gasteiger partial charge in [0.25, 0.3) is 0 Å². The zero-order valence-electron chi connectivity index (χ0n) is 10.7. The minimum atomic E-state index is -0.469. The van der Waals surface area contributed by atoms with Crippen molar-refractivity contribution in [3.05, 3.63) is 24.0 Å². The Bertz CT molecular complexity index is 506. The molecular formula is C14H16O5. The van der Waals surface area contributed by atoms with E-state index in [0.717, 1.165) is 0 Å². The molecule has 5 nitrogen and oxygen atoms in total. The van der Waals surface area contributed by atoms with Crippen molar-refractivity contribution in [1.82, 2.24) is 0 Å². The quantitative estimate of drug-likeness (QED) is 0.407. The van der Waals surface area contributed by atoms with E-state index >= 15 is 0 Å². The Morgan fingerprint density at radius 3 is 2.95 bits per heavy atom. The van der Waals surface area contributed by atoms with Gasteiger partial charge in [0.05, 0.1) is 5.60 Å². The van der Waals surface area contributed by atoms with Gasteiger partial charge in [-0.2, -0.15) is 0 Å². The lowest BCUT2D eigenvalue weighted by atomic mass is 9.84. The number of esters is 1. The molecule has 2 saturated heterocycles. The highest BCUT2D eigenvalue weighted by molar-refractivity contribution is 5.96. The minimum Gasteiger partial charge on any atom is -0.505 e. The first-order chi connectivity index (χ1) is 8.92. The molecule has 2 aliphatic heterocycles. The minimum absolute atomic E-state index is 0.0352. The Balaban J connectivity index is 1.93. The summed E-state index contributed by atoms with van der Waals surface area (Å²) in [5.41, 5.74) is -0.0464. The molecule has 0 radical (unpaired) electrons. The number of aliphatic hydroxyl groups excluding tert-OH is 1. The predicted octanol–water partition coefficient (Wildman–Crippen LogP) is 1.44. The maximum absolute atomic E-state index is 11.9. The van der Waals surface area contributed by atoms with Gasteiger partial charge in [0.1, 0.15) is 12.2 Å². The number of rotatable bonds is 0. The topological polar surface area (TPSA) is 76.1 Å². The summed E-state index contributed by atoms with van der Waals surface area (Å²) in [6.45, 7) is 5.65. The number of epoxide rings is 1. The van der Waals surface area contributed by atoms with E-state index in [4.69, 9.17) is 9.47 Å². The molecule has 4 atom stereocenters. The van der Waals surface area contributed by atoms with Gasteiger partial charge in [-0.15, -0.1) is 0 Å². The smallest absolute Gasteiger partial charge is 0.334 e. The SMILES string of the molecule is C=C1C(=O)O[C@@H]2[C@H]3O[C@]3(C)CC/C=C(\O)C(=O)C[C@@H]12. The summed E-state index contributed by atoms with van der Waals surface area (Å²) < 4.78 is 11.0. The molecule has 2 fully saturated rings. The van der Waals surface area contributed by atoms with E-state index in [1.54, 1.807) is 0 Å². The van der Waals surface area contributed by atoms with E-state index in [9.17, 15) is 14.7 Å². The molecule has 0 bridgehead atoms. The summed E-state index contributed by atoms with van der Waals surface area (Å²) in [5, 5.41) is 9.67. The summed E-state index contributed by atoms with van der Waals surface area (Å²) >= 11 is 0. The van der Waals surface area contributed by atoms with E-state index in [-0.39, 0.29) is 29.7 Å². The van der Waals surface area contributed by atoms with Crippen molar-refractivity contribution in [3.63, 3.8) is 0 Å². The largest absolute Gasteiger partial charge is 0.505 e. The van der Waals surface area contributed by atoms with Gasteiger partial charge in [0, 0.05) is 17.9 Å². The first-order valence-electron chi connectivity index (χ1n) is 6.42. The monoisotopic (exact) mass is 264 g/mol. The molecule has 0 amide bonds. The third kappa shape index (κ3) is 1.89. The van der Waals surface area contributed by atoms with Crippen LogP contribution in [0.4, 0.5) is 0 Å². The van der Waals surface area contributed by atoms with Crippen molar-refractivity contribution in [3.8, 4) is 0 Å². The Labute approximate surface area is 110 Å². The Morgan fingerprint density at radius 1 is 1.47 bits per heavy atom. The molecular weight excluding hydrogens is 248 g/mol. The average Bonchev–Trinajstić information content (AvgIpc) is 2.95. The highest BCUT2D eigenvalue weighted by Crippen LogP contribution is 2.49. The molecule has 0 aromatic carbocycles. The molecule has 5 heteroatoms. The maximum atomic E-state index is 11.9. The van der Waals surface area contributed by atoms with Crippen LogP contribution in [0.15, 0.2) is 24.0 Å². The van der Waals surface area contributed by atoms with E-state index in [0.29, 0.717) is 18.4 Å². The van der Waals surface area contributed by atoms with Gasteiger partial charge >= 0.3 is 5.97 Å². The number of allylic oxidation sites excluding steroid dienone is 2. The van der Waals surface area contributed by atoms with Crippen molar-refractivity contribution in [2.24, 2.45) is 5.92 Å². The number of ether oxygens (including phenoxy) is 2. The maximum Gasteiger partial charge on any atom is 0.334 e. The zero-order valence-corrected chi connectivity index (χ0v) is 10.7. The van der Waals surface area contributed by atoms with Crippen LogP contribution in [0.1, 0.15) is 26.2 Å². The van der Waals surface area contributed by atoms with E-state index in [2.05, 4.69) is 6.58 Å². The number of Topliss-reactive ketones (excluding diaryl/α,β-unsaturated/α-hetero) is 1. The molecule has 3 aliphatic rings. The highest BCUT2D eigenvalue weighted by Gasteiger charge is 2.61. The first kappa shape index (κ1) is 12.4. The summed E-state index contributed by atoms with van der Waals surface area (Å²) in [6, 6.07) is 0. The average molecular weight is 264 g/mol. The van der Waals surface area contributed by atoms with Gasteiger partial charge in [-0.05, 0) is 25.8 Å². The predicted molar refractivity (Wildman–Crippen MR) is 65.4 cm³/mol. The van der Waals surface area contributed by atoms with Gasteiger partial charge in [0.2, 0.25) is 0 Å². The Kier molecular flexibility index (Phi) is 2.57. The fourth-order valence-corrected chi connectivity index (χ4v) is 2.93. The standard InChI is InChI=1S/C14H16O5/c1-7-8-6-10(16)9(15)4-3-5-14(2)12(19-14)11(8)18-13(7)17/h4,8,11-12,15H,1,3,5-6H2,2H3/b9-4-/t8-,11-,12+,14+/m0/s1. The van der Waals surface area contributed by atoms with E-state index < -0.39 is 18.0 Å². The normalized spacial score (nSPS) is 44.8. The lowest BCUT2D eigenvalue weighted by Crippen LogP contribution is -2.30. The zero-order chi connectivity index (χ0) is 13.8. The fraction of sp³-hybridized carbons (Fsp3) is 0.571. The molecule has 2 heterocycles. The molecule has 0 aromatic heterocycles. The van der Waals surface area contributed by atoms with Crippen LogP contribution in [0.5, 0.6) is 0 Å². The van der Waals surface area contributed by atoms with Crippen LogP contribution in [0, 0.1) is 5.92 Å². The van der Waals surface area contributed by atoms with Gasteiger partial charge in [-0.3, -0.25) is 4.79 Å². The summed E-state index contributed by atoms with van der Waals surface area (Å²) in [6.07, 6.45) is 2.17. The van der Waals surface area contributed by atoms with E-state index in [1.807, 2.05) is 6.92 Å². The van der Waals surface area contributed by atoms with Crippen LogP contribution in [0.2, 0.25) is 0 Å². The lowest BCUT2D eigenvalue weighted by molar-refractivity contribution is -0.140. The van der Waals surface area contributed by atoms with Crippen molar-refractivity contribution in [1.29, 1.82) is 0 Å². The number of aliphatic hydroxyl groups is 1. The van der Waals surface area contributed by atoms with Gasteiger partial charge in [0.15, 0.2) is 11.5 Å². The van der Waals surface area contributed by atoms with E-state index in [1.165, 1.54) is 6.08 Å². The third-order valence-corrected chi connectivity index (χ3v) is 4.26. The molecule has 1 N–H and O–H groups in total. The molecule has 19 heavy (non-hydrogen) atoms. The summed E-state index contributed by atoms with van der Waals surface area (Å²) in [7, 11) is 0. The molecule has 0 saturated carbocycles. The second-order valence-electron chi connectivity index (χ2n) is 5.61. The number of carbonyl (C=O) groups excluding carboxylic acids is 2. The van der Waals surface area contributed by atoms with Crippen molar-refractivity contribution >= 4 is 11.8 Å². The Hall–Kier alpha value is -1.62. The van der Waals surface area contributed by atoms with Crippen LogP contribution in [-0.4, -0.2) is 34.7 Å². The number of carbonyl (C=O) groups is 2. The lowest BCUT2D eigenvalue weighted by Gasteiger charge is -2.17. The fourth-order valence-electron chi connectivity index (χ4n) is 2.93. The highest BCUT2D eigenvalue weighted by atomic mass is 16.6. The summed E-state index contributed by atoms with van der Waals surface area (Å²) in [4.78, 5) is 23.5. The molecule has 1 aliphatic carbocycles. The molecule has 0 unspecified atom stereocenters. The molecule has 0 spiro atoms. The number of hydrogen-bond acceptors (Lipinski definition) is 5. The van der Waals surface area contributed by atoms with Gasteiger partial charge in [-0.1, -0.05) is 6.58 Å². The third-order valence-electron chi connectivity index (χ3n) is 4.26. The van der Waals surface area contributed by atoms with Crippen LogP contribution < -0.4 is 0 Å². The van der Waals surface area contributed by atoms with Gasteiger partial charge in [-0.25, -0.2) is 4.79 Å². The molecule has 102 valence electrons. The first-order valence-corrected chi connectivity index (χ1v) is 6.42. The van der Waals surface area contributed by atoms with Crippen molar-refractivity contribution in [2.45, 2.75) is 44.0 Å². The molecule has 0 aromatic rings. The number of ketones is 1. The van der Waals surface area contributed by atoms with Gasteiger partial charge < -0.3 is 14.6 Å². The summed E-state index contributed by atoms with van der Waals surface area (Å²) in [5.74, 6) is -1.49. The van der Waals surface area contributed by atoms with Crippen LogP contribution in [-0.2, 0) is 19.1 Å². The second-order valence-corrected chi connectivity index (χ2v) is 5.61. The number of hydrogen-bond donors (Lipinski definition) is 1.